The van der Waals surface area contributed by atoms with Crippen LogP contribution in [0.5, 0.6) is 0 Å². The first kappa shape index (κ1) is 13.0. The summed E-state index contributed by atoms with van der Waals surface area (Å²) in [6, 6.07) is 6.12. The van der Waals surface area contributed by atoms with Gasteiger partial charge in [0.15, 0.2) is 0 Å². The van der Waals surface area contributed by atoms with E-state index in [1.54, 1.807) is 0 Å². The number of aryl methyl sites for hydroxylation is 1. The zero-order valence-electron chi connectivity index (χ0n) is 10.0. The number of benzene rings is 1. The van der Waals surface area contributed by atoms with Crippen molar-refractivity contribution in [2.45, 2.75) is 33.1 Å². The van der Waals surface area contributed by atoms with E-state index in [9.17, 15) is 0 Å². The van der Waals surface area contributed by atoms with Gasteiger partial charge in [0.1, 0.15) is 4.99 Å². The first-order valence-electron chi connectivity index (χ1n) is 5.79. The number of hydrogen-bond donors (Lipinski definition) is 2. The Bertz CT molecular complexity index is 361. The summed E-state index contributed by atoms with van der Waals surface area (Å²) in [7, 11) is 0. The molecule has 88 valence electrons. The summed E-state index contributed by atoms with van der Waals surface area (Å²) < 4.78 is 0. The largest absolute Gasteiger partial charge is 0.389 e. The lowest BCUT2D eigenvalue weighted by Gasteiger charge is -2.09. The molecule has 2 nitrogen and oxygen atoms in total. The van der Waals surface area contributed by atoms with Gasteiger partial charge < -0.3 is 11.1 Å². The van der Waals surface area contributed by atoms with Gasteiger partial charge in [-0.05, 0) is 37.1 Å². The van der Waals surface area contributed by atoms with E-state index in [0.29, 0.717) is 4.99 Å². The van der Waals surface area contributed by atoms with Crippen molar-refractivity contribution < 1.29 is 0 Å². The second-order valence-corrected chi connectivity index (χ2v) is 4.47. The third-order valence-electron chi connectivity index (χ3n) is 2.60. The first-order chi connectivity index (χ1) is 7.65. The van der Waals surface area contributed by atoms with Crippen molar-refractivity contribution in [3.63, 3.8) is 0 Å². The zero-order valence-corrected chi connectivity index (χ0v) is 10.9. The van der Waals surface area contributed by atoms with Crippen LogP contribution in [0.15, 0.2) is 18.2 Å². The fraction of sp³-hybridized carbons (Fsp3) is 0.462. The van der Waals surface area contributed by atoms with E-state index >= 15 is 0 Å². The lowest BCUT2D eigenvalue weighted by Crippen LogP contribution is -2.11. The van der Waals surface area contributed by atoms with E-state index < -0.39 is 0 Å². The lowest BCUT2D eigenvalue weighted by molar-refractivity contribution is 0.744. The number of anilines is 1. The molecule has 0 aromatic heterocycles. The first-order valence-corrected chi connectivity index (χ1v) is 6.20. The molecule has 0 spiro atoms. The minimum atomic E-state index is 0.468. The Hall–Kier alpha value is -1.09. The zero-order chi connectivity index (χ0) is 12.0. The normalized spacial score (nSPS) is 10.1. The highest BCUT2D eigenvalue weighted by Crippen LogP contribution is 2.15. The van der Waals surface area contributed by atoms with Gasteiger partial charge in [0.25, 0.3) is 0 Å². The quantitative estimate of drug-likeness (QED) is 0.588. The number of thiocarbonyl (C=S) groups is 1. The summed E-state index contributed by atoms with van der Waals surface area (Å²) in [5.41, 5.74) is 8.86. The van der Waals surface area contributed by atoms with Gasteiger partial charge in [0.2, 0.25) is 0 Å². The molecule has 0 atom stereocenters. The average molecular weight is 236 g/mol. The molecular weight excluding hydrogens is 216 g/mol. The van der Waals surface area contributed by atoms with E-state index in [0.717, 1.165) is 23.4 Å². The Kier molecular flexibility index (Phi) is 5.26. The summed E-state index contributed by atoms with van der Waals surface area (Å²) in [6.07, 6.45) is 3.74. The van der Waals surface area contributed by atoms with Crippen LogP contribution >= 0.6 is 12.2 Å². The molecule has 0 aliphatic rings. The number of nitrogens with two attached hydrogens (primary N) is 1. The van der Waals surface area contributed by atoms with Crippen LogP contribution in [-0.2, 0) is 0 Å². The smallest absolute Gasteiger partial charge is 0.104 e. The predicted octanol–water partition coefficient (Wildman–Crippen LogP) is 3.23. The number of nitrogens with one attached hydrogen (secondary N) is 1. The number of unbranched alkanes of at least 4 members (excludes halogenated alkanes) is 2. The molecule has 0 heterocycles. The van der Waals surface area contributed by atoms with Crippen LogP contribution in [0.1, 0.15) is 37.3 Å². The van der Waals surface area contributed by atoms with Crippen LogP contribution in [-0.4, -0.2) is 11.5 Å². The summed E-state index contributed by atoms with van der Waals surface area (Å²) >= 11 is 4.97. The second kappa shape index (κ2) is 6.48. The Balaban J connectivity index is 2.56. The predicted molar refractivity (Wildman–Crippen MR) is 75.1 cm³/mol. The van der Waals surface area contributed by atoms with Crippen molar-refractivity contribution in [1.82, 2.24) is 0 Å². The van der Waals surface area contributed by atoms with Crippen LogP contribution in [0.4, 0.5) is 5.69 Å². The molecule has 16 heavy (non-hydrogen) atoms. The van der Waals surface area contributed by atoms with Gasteiger partial charge in [0.05, 0.1) is 0 Å². The van der Waals surface area contributed by atoms with Gasteiger partial charge in [-0.25, -0.2) is 0 Å². The molecule has 1 aromatic rings. The Morgan fingerprint density at radius 3 is 2.69 bits per heavy atom. The van der Waals surface area contributed by atoms with Gasteiger partial charge >= 0.3 is 0 Å². The molecule has 0 fully saturated rings. The maximum atomic E-state index is 5.62. The molecule has 1 rings (SSSR count). The Labute approximate surface area is 103 Å². The van der Waals surface area contributed by atoms with E-state index in [1.807, 2.05) is 19.1 Å². The molecule has 3 N–H and O–H groups in total. The van der Waals surface area contributed by atoms with Crippen molar-refractivity contribution in [3.05, 3.63) is 29.3 Å². The maximum Gasteiger partial charge on any atom is 0.104 e. The van der Waals surface area contributed by atoms with Crippen LogP contribution in [0.2, 0.25) is 0 Å². The second-order valence-electron chi connectivity index (χ2n) is 4.03. The molecule has 0 bridgehead atoms. The monoisotopic (exact) mass is 236 g/mol. The highest BCUT2D eigenvalue weighted by molar-refractivity contribution is 7.80. The van der Waals surface area contributed by atoms with Gasteiger partial charge in [0, 0.05) is 17.8 Å². The van der Waals surface area contributed by atoms with Crippen molar-refractivity contribution in [2.24, 2.45) is 5.73 Å². The minimum Gasteiger partial charge on any atom is -0.389 e. The highest BCUT2D eigenvalue weighted by Gasteiger charge is 2.01. The van der Waals surface area contributed by atoms with E-state index in [-0.39, 0.29) is 0 Å². The topological polar surface area (TPSA) is 38.0 Å². The van der Waals surface area contributed by atoms with Gasteiger partial charge in [-0.1, -0.05) is 32.0 Å². The third-order valence-corrected chi connectivity index (χ3v) is 2.82. The lowest BCUT2D eigenvalue weighted by atomic mass is 10.1. The van der Waals surface area contributed by atoms with E-state index in [2.05, 4.69) is 18.3 Å². The Morgan fingerprint density at radius 1 is 1.38 bits per heavy atom. The van der Waals surface area contributed by atoms with Gasteiger partial charge in [-0.15, -0.1) is 0 Å². The van der Waals surface area contributed by atoms with E-state index in [1.165, 1.54) is 19.3 Å². The maximum absolute atomic E-state index is 5.62. The molecule has 0 unspecified atom stereocenters. The molecule has 1 aromatic carbocycles. The van der Waals surface area contributed by atoms with Crippen molar-refractivity contribution in [1.29, 1.82) is 0 Å². The standard InChI is InChI=1S/C13H20N2S/c1-3-4-5-8-15-11-6-7-12(13(14)16)10(2)9-11/h6-7,9,15H,3-5,8H2,1-2H3,(H2,14,16). The van der Waals surface area contributed by atoms with Crippen LogP contribution in [0.25, 0.3) is 0 Å². The van der Waals surface area contributed by atoms with Gasteiger partial charge in [-0.2, -0.15) is 0 Å². The SMILES string of the molecule is CCCCCNc1ccc(C(N)=S)c(C)c1. The van der Waals surface area contributed by atoms with Crippen molar-refractivity contribution in [3.8, 4) is 0 Å². The summed E-state index contributed by atoms with van der Waals surface area (Å²) in [5, 5.41) is 3.40. The van der Waals surface area contributed by atoms with Crippen LogP contribution < -0.4 is 11.1 Å². The average Bonchev–Trinajstić information content (AvgIpc) is 2.24. The van der Waals surface area contributed by atoms with E-state index in [4.69, 9.17) is 18.0 Å². The van der Waals surface area contributed by atoms with Crippen LogP contribution in [0, 0.1) is 6.92 Å². The van der Waals surface area contributed by atoms with Crippen LogP contribution in [0.3, 0.4) is 0 Å². The molecule has 3 heteroatoms. The molecule has 0 saturated carbocycles. The molecule has 0 aliphatic heterocycles. The fourth-order valence-electron chi connectivity index (χ4n) is 1.66. The molecular formula is C13H20N2S. The number of rotatable bonds is 6. The number of hydrogen-bond acceptors (Lipinski definition) is 2. The molecule has 0 aliphatic carbocycles. The van der Waals surface area contributed by atoms with Gasteiger partial charge in [-0.3, -0.25) is 0 Å². The summed E-state index contributed by atoms with van der Waals surface area (Å²) in [4.78, 5) is 0.468. The highest BCUT2D eigenvalue weighted by atomic mass is 32.1. The summed E-state index contributed by atoms with van der Waals surface area (Å²) in [6.45, 7) is 5.27. The van der Waals surface area contributed by atoms with Crippen molar-refractivity contribution in [2.75, 3.05) is 11.9 Å². The summed E-state index contributed by atoms with van der Waals surface area (Å²) in [5.74, 6) is 0. The Morgan fingerprint density at radius 2 is 2.12 bits per heavy atom. The molecule has 0 amide bonds. The molecule has 0 radical (unpaired) electrons. The minimum absolute atomic E-state index is 0.468. The fourth-order valence-corrected chi connectivity index (χ4v) is 1.89. The molecule has 0 saturated heterocycles. The van der Waals surface area contributed by atoms with Crippen molar-refractivity contribution >= 4 is 22.9 Å². The third kappa shape index (κ3) is 3.81.